The predicted molar refractivity (Wildman–Crippen MR) is 125 cm³/mol. The molecule has 0 saturated carbocycles. The molecule has 7 heteroatoms. The van der Waals surface area contributed by atoms with E-state index in [0.29, 0.717) is 0 Å². The molecule has 1 aliphatic rings. The molecular formula is C25H28N6O. The molecule has 164 valence electrons. The quantitative estimate of drug-likeness (QED) is 0.490. The highest BCUT2D eigenvalue weighted by Crippen LogP contribution is 2.26. The van der Waals surface area contributed by atoms with Crippen LogP contribution >= 0.6 is 0 Å². The van der Waals surface area contributed by atoms with Crippen LogP contribution in [0.2, 0.25) is 0 Å². The van der Waals surface area contributed by atoms with Gasteiger partial charge in [-0.3, -0.25) is 9.48 Å². The Bertz CT molecular complexity index is 1220. The number of amides is 1. The van der Waals surface area contributed by atoms with Crippen LogP contribution in [0.4, 0.5) is 5.69 Å². The van der Waals surface area contributed by atoms with Gasteiger partial charge in [-0.1, -0.05) is 43.3 Å². The SMILES string of the molecule is C[C@@H](Cc1ccccc1)C(=O)N1CCN(c2cnn3cc(-c4cnn(C)c4)ccc23)CC1. The third kappa shape index (κ3) is 3.98. The Kier molecular flexibility index (Phi) is 5.39. The second kappa shape index (κ2) is 8.49. The van der Waals surface area contributed by atoms with Crippen LogP contribution in [0.15, 0.2) is 67.3 Å². The van der Waals surface area contributed by atoms with Crippen molar-refractivity contribution >= 4 is 17.1 Å². The van der Waals surface area contributed by atoms with Gasteiger partial charge in [0.2, 0.25) is 5.91 Å². The molecule has 5 rings (SSSR count). The second-order valence-electron chi connectivity index (χ2n) is 8.58. The highest BCUT2D eigenvalue weighted by atomic mass is 16.2. The van der Waals surface area contributed by atoms with Crippen molar-refractivity contribution in [1.29, 1.82) is 0 Å². The van der Waals surface area contributed by atoms with E-state index >= 15 is 0 Å². The fourth-order valence-corrected chi connectivity index (χ4v) is 4.49. The smallest absolute Gasteiger partial charge is 0.225 e. The number of hydrogen-bond acceptors (Lipinski definition) is 4. The van der Waals surface area contributed by atoms with Crippen molar-refractivity contribution < 1.29 is 4.79 Å². The van der Waals surface area contributed by atoms with Crippen LogP contribution in [0.3, 0.4) is 0 Å². The van der Waals surface area contributed by atoms with E-state index in [9.17, 15) is 4.79 Å². The maximum atomic E-state index is 13.0. The van der Waals surface area contributed by atoms with Crippen LogP contribution in [-0.4, -0.2) is 56.4 Å². The van der Waals surface area contributed by atoms with Gasteiger partial charge >= 0.3 is 0 Å². The van der Waals surface area contributed by atoms with Crippen molar-refractivity contribution in [2.75, 3.05) is 31.1 Å². The van der Waals surface area contributed by atoms with Crippen molar-refractivity contribution in [2.24, 2.45) is 13.0 Å². The van der Waals surface area contributed by atoms with E-state index < -0.39 is 0 Å². The lowest BCUT2D eigenvalue weighted by Crippen LogP contribution is -2.50. The number of rotatable bonds is 5. The lowest BCUT2D eigenvalue weighted by Gasteiger charge is -2.36. The van der Waals surface area contributed by atoms with Gasteiger partial charge in [0.1, 0.15) is 0 Å². The van der Waals surface area contributed by atoms with Crippen molar-refractivity contribution in [1.82, 2.24) is 24.3 Å². The van der Waals surface area contributed by atoms with E-state index in [1.807, 2.05) is 66.4 Å². The Morgan fingerprint density at radius 2 is 1.72 bits per heavy atom. The van der Waals surface area contributed by atoms with Gasteiger partial charge < -0.3 is 9.80 Å². The Balaban J connectivity index is 1.24. The number of aryl methyl sites for hydroxylation is 1. The largest absolute Gasteiger partial charge is 0.365 e. The molecule has 3 aromatic heterocycles. The zero-order chi connectivity index (χ0) is 22.1. The number of nitrogens with zero attached hydrogens (tertiary/aromatic N) is 6. The van der Waals surface area contributed by atoms with Crippen molar-refractivity contribution in [3.63, 3.8) is 0 Å². The summed E-state index contributed by atoms with van der Waals surface area (Å²) >= 11 is 0. The summed E-state index contributed by atoms with van der Waals surface area (Å²) in [6, 6.07) is 14.5. The highest BCUT2D eigenvalue weighted by molar-refractivity contribution is 5.80. The fourth-order valence-electron chi connectivity index (χ4n) is 4.49. The number of piperazine rings is 1. The standard InChI is InChI=1S/C25H28N6O/c1-19(14-20-6-4-3-5-7-20)25(32)30-12-10-29(11-13-30)24-16-27-31-18-21(8-9-23(24)31)22-15-26-28(2)17-22/h3-9,15-19H,10-14H2,1-2H3/t19-/m0/s1. The Hall–Kier alpha value is -3.61. The molecule has 0 unspecified atom stereocenters. The van der Waals surface area contributed by atoms with Crippen LogP contribution in [0.25, 0.3) is 16.6 Å². The number of carbonyl (C=O) groups is 1. The van der Waals surface area contributed by atoms with Gasteiger partial charge in [0, 0.05) is 62.7 Å². The molecule has 0 N–H and O–H groups in total. The Morgan fingerprint density at radius 3 is 2.44 bits per heavy atom. The molecule has 1 amide bonds. The number of aromatic nitrogens is 4. The van der Waals surface area contributed by atoms with Crippen LogP contribution in [0.5, 0.6) is 0 Å². The van der Waals surface area contributed by atoms with E-state index in [0.717, 1.165) is 54.9 Å². The average molecular weight is 429 g/mol. The molecular weight excluding hydrogens is 400 g/mol. The maximum absolute atomic E-state index is 13.0. The van der Waals surface area contributed by atoms with Gasteiger partial charge in [-0.15, -0.1) is 0 Å². The zero-order valence-corrected chi connectivity index (χ0v) is 18.6. The number of fused-ring (bicyclic) bond motifs is 1. The molecule has 0 radical (unpaired) electrons. The molecule has 1 atom stereocenters. The van der Waals surface area contributed by atoms with Crippen molar-refractivity contribution in [3.05, 3.63) is 72.8 Å². The molecule has 0 bridgehead atoms. The van der Waals surface area contributed by atoms with Crippen molar-refractivity contribution in [3.8, 4) is 11.1 Å². The Labute approximate surface area is 187 Å². The minimum Gasteiger partial charge on any atom is -0.365 e. The molecule has 1 fully saturated rings. The molecule has 7 nitrogen and oxygen atoms in total. The van der Waals surface area contributed by atoms with E-state index in [2.05, 4.69) is 39.4 Å². The average Bonchev–Trinajstić information content (AvgIpc) is 3.45. The number of pyridine rings is 1. The molecule has 32 heavy (non-hydrogen) atoms. The molecule has 0 aliphatic carbocycles. The van der Waals surface area contributed by atoms with Gasteiger partial charge in [0.25, 0.3) is 0 Å². The molecule has 4 heterocycles. The third-order valence-corrected chi connectivity index (χ3v) is 6.27. The number of anilines is 1. The lowest BCUT2D eigenvalue weighted by molar-refractivity contribution is -0.135. The lowest BCUT2D eigenvalue weighted by atomic mass is 9.99. The first-order valence-electron chi connectivity index (χ1n) is 11.1. The third-order valence-electron chi connectivity index (χ3n) is 6.27. The minimum absolute atomic E-state index is 0.00757. The second-order valence-corrected chi connectivity index (χ2v) is 8.58. The van der Waals surface area contributed by atoms with E-state index in [4.69, 9.17) is 0 Å². The summed E-state index contributed by atoms with van der Waals surface area (Å²) < 4.78 is 3.73. The Morgan fingerprint density at radius 1 is 0.938 bits per heavy atom. The topological polar surface area (TPSA) is 58.7 Å². The summed E-state index contributed by atoms with van der Waals surface area (Å²) in [5, 5.41) is 8.84. The summed E-state index contributed by atoms with van der Waals surface area (Å²) in [4.78, 5) is 17.3. The van der Waals surface area contributed by atoms with Gasteiger partial charge in [-0.2, -0.15) is 10.2 Å². The van der Waals surface area contributed by atoms with E-state index in [1.54, 1.807) is 4.68 Å². The van der Waals surface area contributed by atoms with Crippen LogP contribution < -0.4 is 4.90 Å². The van der Waals surface area contributed by atoms with Gasteiger partial charge in [-0.05, 0) is 18.1 Å². The van der Waals surface area contributed by atoms with E-state index in [-0.39, 0.29) is 11.8 Å². The predicted octanol–water partition coefficient (Wildman–Crippen LogP) is 3.26. The van der Waals surface area contributed by atoms with Crippen LogP contribution in [0, 0.1) is 5.92 Å². The van der Waals surface area contributed by atoms with Crippen LogP contribution in [-0.2, 0) is 18.3 Å². The van der Waals surface area contributed by atoms with Gasteiger partial charge in [0.05, 0.1) is 23.6 Å². The molecule has 4 aromatic rings. The van der Waals surface area contributed by atoms with Crippen LogP contribution in [0.1, 0.15) is 12.5 Å². The molecule has 1 saturated heterocycles. The summed E-state index contributed by atoms with van der Waals surface area (Å²) in [5.41, 5.74) is 5.57. The van der Waals surface area contributed by atoms with Gasteiger partial charge in [0.15, 0.2) is 0 Å². The molecule has 1 aromatic carbocycles. The highest BCUT2D eigenvalue weighted by Gasteiger charge is 2.26. The monoisotopic (exact) mass is 428 g/mol. The minimum atomic E-state index is -0.00757. The first-order chi connectivity index (χ1) is 15.6. The molecule has 1 aliphatic heterocycles. The zero-order valence-electron chi connectivity index (χ0n) is 18.6. The summed E-state index contributed by atoms with van der Waals surface area (Å²) in [6.07, 6.45) is 8.62. The van der Waals surface area contributed by atoms with Crippen molar-refractivity contribution in [2.45, 2.75) is 13.3 Å². The number of hydrogen-bond donors (Lipinski definition) is 0. The normalized spacial score (nSPS) is 15.3. The maximum Gasteiger partial charge on any atom is 0.225 e. The summed E-state index contributed by atoms with van der Waals surface area (Å²) in [6.45, 7) is 5.14. The summed E-state index contributed by atoms with van der Waals surface area (Å²) in [5.74, 6) is 0.237. The van der Waals surface area contributed by atoms with Gasteiger partial charge in [-0.25, -0.2) is 4.52 Å². The first kappa shape index (κ1) is 20.3. The van der Waals surface area contributed by atoms with E-state index in [1.165, 1.54) is 5.56 Å². The number of benzene rings is 1. The first-order valence-corrected chi connectivity index (χ1v) is 11.1. The molecule has 0 spiro atoms. The fraction of sp³-hybridized carbons (Fsp3) is 0.320. The number of carbonyl (C=O) groups excluding carboxylic acids is 1. The summed E-state index contributed by atoms with van der Waals surface area (Å²) in [7, 11) is 1.92.